The molecule has 2 aliphatic heterocycles. The van der Waals surface area contributed by atoms with Gasteiger partial charge in [0, 0.05) is 63.3 Å². The van der Waals surface area contributed by atoms with Crippen molar-refractivity contribution in [2.75, 3.05) is 59.0 Å². The van der Waals surface area contributed by atoms with Gasteiger partial charge in [0.2, 0.25) is 0 Å². The Kier molecular flexibility index (Phi) is 11.9. The van der Waals surface area contributed by atoms with Gasteiger partial charge < -0.3 is 19.6 Å². The van der Waals surface area contributed by atoms with Crippen molar-refractivity contribution in [2.45, 2.75) is 83.8 Å². The first-order valence-corrected chi connectivity index (χ1v) is 17.4. The molecule has 8 nitrogen and oxygen atoms in total. The third kappa shape index (κ3) is 9.30. The van der Waals surface area contributed by atoms with Crippen molar-refractivity contribution in [2.24, 2.45) is 5.92 Å². The molecule has 5 rings (SSSR count). The number of benzene rings is 2. The van der Waals surface area contributed by atoms with Crippen LogP contribution >= 0.6 is 0 Å². The molecule has 2 saturated heterocycles. The van der Waals surface area contributed by atoms with Crippen LogP contribution in [0.5, 0.6) is 5.75 Å². The summed E-state index contributed by atoms with van der Waals surface area (Å²) in [5.74, 6) is 1.13. The number of phenolic OH excluding ortho intramolecular Hbond substituents is 1. The molecular weight excluding hydrogens is 564 g/mol. The number of aromatic hydroxyl groups is 1. The summed E-state index contributed by atoms with van der Waals surface area (Å²) in [6.45, 7) is 14.5. The van der Waals surface area contributed by atoms with Crippen LogP contribution < -0.4 is 0 Å². The van der Waals surface area contributed by atoms with E-state index in [0.29, 0.717) is 25.1 Å². The fraction of sp³-hybridized carbons (Fsp3) is 0.622. The maximum Gasteiger partial charge on any atom is 0.305 e. The van der Waals surface area contributed by atoms with E-state index in [1.54, 1.807) is 6.07 Å². The third-order valence-electron chi connectivity index (χ3n) is 9.86. The minimum Gasteiger partial charge on any atom is -0.508 e. The van der Waals surface area contributed by atoms with Crippen LogP contribution in [-0.2, 0) is 9.53 Å². The lowest BCUT2D eigenvalue weighted by Crippen LogP contribution is -2.57. The van der Waals surface area contributed by atoms with Crippen LogP contribution in [0.4, 0.5) is 0 Å². The number of rotatable bonds is 13. The molecule has 1 saturated carbocycles. The van der Waals surface area contributed by atoms with E-state index in [4.69, 9.17) is 4.74 Å². The average molecular weight is 619 g/mol. The minimum absolute atomic E-state index is 0.0474. The second-order valence-electron chi connectivity index (χ2n) is 13.5. The van der Waals surface area contributed by atoms with Gasteiger partial charge in [-0.05, 0) is 107 Å². The summed E-state index contributed by atoms with van der Waals surface area (Å²) >= 11 is 0. The Morgan fingerprint density at radius 3 is 2.44 bits per heavy atom. The van der Waals surface area contributed by atoms with E-state index in [1.807, 2.05) is 36.1 Å². The second-order valence-corrected chi connectivity index (χ2v) is 13.5. The van der Waals surface area contributed by atoms with Crippen molar-refractivity contribution in [3.05, 3.63) is 65.2 Å². The molecule has 0 bridgehead atoms. The third-order valence-corrected chi connectivity index (χ3v) is 9.86. The highest BCUT2D eigenvalue weighted by Gasteiger charge is 2.37. The zero-order chi connectivity index (χ0) is 31.8. The lowest BCUT2D eigenvalue weighted by Gasteiger charge is -2.48. The molecule has 1 N–H and O–H groups in total. The van der Waals surface area contributed by atoms with Crippen molar-refractivity contribution in [1.29, 1.82) is 0 Å². The Morgan fingerprint density at radius 2 is 1.69 bits per heavy atom. The Labute approximate surface area is 270 Å². The summed E-state index contributed by atoms with van der Waals surface area (Å²) in [6, 6.07) is 16.6. The van der Waals surface area contributed by atoms with Gasteiger partial charge in [0.25, 0.3) is 5.91 Å². The number of nitrogens with zero attached hydrogens (tertiary/aromatic N) is 4. The highest BCUT2D eigenvalue weighted by atomic mass is 16.5. The fourth-order valence-electron chi connectivity index (χ4n) is 7.18. The first-order valence-electron chi connectivity index (χ1n) is 17.4. The van der Waals surface area contributed by atoms with E-state index in [2.05, 4.69) is 46.7 Å². The number of hydrogen-bond acceptors (Lipinski definition) is 7. The van der Waals surface area contributed by atoms with E-state index < -0.39 is 0 Å². The summed E-state index contributed by atoms with van der Waals surface area (Å²) in [6.07, 6.45) is 7.11. The van der Waals surface area contributed by atoms with Gasteiger partial charge in [0.15, 0.2) is 0 Å². The summed E-state index contributed by atoms with van der Waals surface area (Å²) in [5, 5.41) is 10.4. The lowest BCUT2D eigenvalue weighted by molar-refractivity contribution is -0.143. The number of carbonyl (C=O) groups is 2. The molecule has 8 heteroatoms. The summed E-state index contributed by atoms with van der Waals surface area (Å²) < 4.78 is 5.03. The van der Waals surface area contributed by atoms with Crippen LogP contribution in [0, 0.1) is 5.92 Å². The van der Waals surface area contributed by atoms with Crippen LogP contribution in [0.2, 0.25) is 0 Å². The van der Waals surface area contributed by atoms with Crippen molar-refractivity contribution in [3.8, 4) is 5.75 Å². The molecule has 1 aliphatic carbocycles. The predicted octanol–water partition coefficient (Wildman–Crippen LogP) is 5.56. The predicted molar refractivity (Wildman–Crippen MR) is 178 cm³/mol. The van der Waals surface area contributed by atoms with E-state index in [9.17, 15) is 14.7 Å². The molecule has 246 valence electrons. The Balaban J connectivity index is 1.24. The minimum atomic E-state index is -0.103. The molecule has 0 radical (unpaired) electrons. The van der Waals surface area contributed by atoms with Crippen LogP contribution in [0.1, 0.15) is 93.2 Å². The van der Waals surface area contributed by atoms with Crippen LogP contribution in [0.25, 0.3) is 0 Å². The number of esters is 1. The van der Waals surface area contributed by atoms with Crippen molar-refractivity contribution in [3.63, 3.8) is 0 Å². The molecule has 1 amide bonds. The number of amides is 1. The van der Waals surface area contributed by atoms with Crippen molar-refractivity contribution < 1.29 is 19.4 Å². The van der Waals surface area contributed by atoms with Gasteiger partial charge in [-0.3, -0.25) is 19.4 Å². The first kappa shape index (κ1) is 33.4. The van der Waals surface area contributed by atoms with Gasteiger partial charge in [0.05, 0.1) is 12.6 Å². The number of phenols is 1. The molecule has 3 fully saturated rings. The van der Waals surface area contributed by atoms with E-state index in [1.165, 1.54) is 19.4 Å². The van der Waals surface area contributed by atoms with E-state index >= 15 is 0 Å². The Bertz CT molecular complexity index is 1270. The van der Waals surface area contributed by atoms with Crippen molar-refractivity contribution in [1.82, 2.24) is 19.6 Å². The van der Waals surface area contributed by atoms with Crippen LogP contribution in [-0.4, -0.2) is 108 Å². The molecule has 1 unspecified atom stereocenters. The van der Waals surface area contributed by atoms with Gasteiger partial charge >= 0.3 is 5.97 Å². The zero-order valence-corrected chi connectivity index (χ0v) is 27.7. The largest absolute Gasteiger partial charge is 0.508 e. The van der Waals surface area contributed by atoms with E-state index in [0.717, 1.165) is 94.1 Å². The first-order chi connectivity index (χ1) is 21.8. The molecule has 3 aliphatic rings. The normalized spacial score (nSPS) is 22.6. The SMILES string of the molecule is CCOC(=O)CCCCCN1CCCN(C(=O)c2cccc(C(c3cccc(O)c3)N3C[C@@H](C)N(CC4CC4)C[C@@H]3C)c2)CC1. The average Bonchev–Trinajstić information content (AvgIpc) is 3.87. The second kappa shape index (κ2) is 16.1. The molecule has 2 aromatic carbocycles. The maximum atomic E-state index is 13.9. The Hall–Kier alpha value is -2.94. The molecule has 0 spiro atoms. The van der Waals surface area contributed by atoms with Gasteiger partial charge in [-0.2, -0.15) is 0 Å². The summed E-state index contributed by atoms with van der Waals surface area (Å²) in [5.41, 5.74) is 2.89. The summed E-state index contributed by atoms with van der Waals surface area (Å²) in [7, 11) is 0. The van der Waals surface area contributed by atoms with Crippen molar-refractivity contribution >= 4 is 11.9 Å². The molecule has 45 heavy (non-hydrogen) atoms. The monoisotopic (exact) mass is 618 g/mol. The smallest absolute Gasteiger partial charge is 0.305 e. The maximum absolute atomic E-state index is 13.9. The number of ether oxygens (including phenoxy) is 1. The number of hydrogen-bond donors (Lipinski definition) is 1. The standard InChI is InChI=1S/C37H54N4O4/c1-4-45-35(43)15-6-5-7-18-38-19-10-20-39(22-21-38)37(44)33-13-8-11-31(23-33)36(32-12-9-14-34(42)24-32)41-26-28(2)40(25-29(41)3)27-30-16-17-30/h8-9,11-14,23-24,28-30,36,42H,4-7,10,15-22,25-27H2,1-3H3/t28-,29+,36?/m1/s1. The van der Waals surface area contributed by atoms with Gasteiger partial charge in [-0.25, -0.2) is 0 Å². The number of piperazine rings is 1. The topological polar surface area (TPSA) is 76.6 Å². The molecular formula is C37H54N4O4. The fourth-order valence-corrected chi connectivity index (χ4v) is 7.18. The zero-order valence-electron chi connectivity index (χ0n) is 27.7. The molecule has 0 aromatic heterocycles. The molecule has 2 aromatic rings. The van der Waals surface area contributed by atoms with Gasteiger partial charge in [-0.15, -0.1) is 0 Å². The Morgan fingerprint density at radius 1 is 0.911 bits per heavy atom. The molecule has 2 heterocycles. The van der Waals surface area contributed by atoms with Gasteiger partial charge in [-0.1, -0.05) is 30.7 Å². The van der Waals surface area contributed by atoms with Crippen LogP contribution in [0.3, 0.4) is 0 Å². The highest BCUT2D eigenvalue weighted by Crippen LogP contribution is 2.37. The lowest BCUT2D eigenvalue weighted by atomic mass is 9.92. The number of carbonyl (C=O) groups excluding carboxylic acids is 2. The van der Waals surface area contributed by atoms with Gasteiger partial charge in [0.1, 0.15) is 5.75 Å². The summed E-state index contributed by atoms with van der Waals surface area (Å²) in [4.78, 5) is 35.2. The number of unbranched alkanes of at least 4 members (excludes halogenated alkanes) is 2. The highest BCUT2D eigenvalue weighted by molar-refractivity contribution is 5.94. The van der Waals surface area contributed by atoms with E-state index in [-0.39, 0.29) is 23.7 Å². The molecule has 3 atom stereocenters. The van der Waals surface area contributed by atoms with Crippen LogP contribution in [0.15, 0.2) is 48.5 Å². The quantitative estimate of drug-likeness (QED) is 0.233.